The van der Waals surface area contributed by atoms with Gasteiger partial charge >= 0.3 is 5.97 Å². The summed E-state index contributed by atoms with van der Waals surface area (Å²) in [6.07, 6.45) is 6.43. The van der Waals surface area contributed by atoms with E-state index in [0.29, 0.717) is 19.0 Å². The molecule has 0 radical (unpaired) electrons. The van der Waals surface area contributed by atoms with Crippen molar-refractivity contribution in [1.82, 2.24) is 15.1 Å². The first-order valence-corrected chi connectivity index (χ1v) is 8.84. The van der Waals surface area contributed by atoms with Gasteiger partial charge in [-0.1, -0.05) is 12.8 Å². The van der Waals surface area contributed by atoms with Crippen molar-refractivity contribution in [2.24, 2.45) is 5.92 Å². The van der Waals surface area contributed by atoms with Crippen molar-refractivity contribution in [2.45, 2.75) is 75.9 Å². The number of alkyl halides is 2. The molecule has 0 aliphatic heterocycles. The number of nitrogens with zero attached hydrogens (tertiary/aromatic N) is 2. The standard InChI is InChI=1S/C17H25F2N3O2/c18-17(19)9-7-12(16(23)24)5-6-15(17)20-11-14-8-10-21-22(14)13-3-1-2-4-13/h8,10,12-13,15,20H,1-7,9,11H2,(H,23,24)/t12-,15-/m1/s1. The molecule has 0 bridgehead atoms. The Kier molecular flexibility index (Phi) is 5.18. The van der Waals surface area contributed by atoms with Gasteiger partial charge in [-0.3, -0.25) is 9.48 Å². The van der Waals surface area contributed by atoms with Crippen molar-refractivity contribution in [3.8, 4) is 0 Å². The van der Waals surface area contributed by atoms with Crippen LogP contribution in [0.25, 0.3) is 0 Å². The van der Waals surface area contributed by atoms with Gasteiger partial charge in [-0.25, -0.2) is 8.78 Å². The number of nitrogens with one attached hydrogen (secondary N) is 1. The Bertz CT molecular complexity index is 570. The number of hydrogen-bond donors (Lipinski definition) is 2. The van der Waals surface area contributed by atoms with Crippen molar-refractivity contribution >= 4 is 5.97 Å². The molecule has 0 spiro atoms. The number of aliphatic carboxylic acids is 1. The predicted octanol–water partition coefficient (Wildman–Crippen LogP) is 3.37. The lowest BCUT2D eigenvalue weighted by Gasteiger charge is -2.26. The van der Waals surface area contributed by atoms with Gasteiger partial charge in [-0.05, 0) is 38.2 Å². The second-order valence-electron chi connectivity index (χ2n) is 7.05. The number of hydrogen-bond acceptors (Lipinski definition) is 3. The molecule has 2 atom stereocenters. The van der Waals surface area contributed by atoms with Crippen LogP contribution in [0.5, 0.6) is 0 Å². The molecule has 2 aliphatic carbocycles. The summed E-state index contributed by atoms with van der Waals surface area (Å²) in [6, 6.07) is 1.27. The lowest BCUT2D eigenvalue weighted by molar-refractivity contribution is -0.142. The number of aromatic nitrogens is 2. The van der Waals surface area contributed by atoms with E-state index in [1.54, 1.807) is 6.20 Å². The summed E-state index contributed by atoms with van der Waals surface area (Å²) in [4.78, 5) is 11.1. The van der Waals surface area contributed by atoms with Crippen molar-refractivity contribution in [3.63, 3.8) is 0 Å². The minimum atomic E-state index is -2.87. The summed E-state index contributed by atoms with van der Waals surface area (Å²) in [5.74, 6) is -4.50. The lowest BCUT2D eigenvalue weighted by Crippen LogP contribution is -2.44. The number of carboxylic acid groups (broad SMARTS) is 1. The average molecular weight is 341 g/mol. The maximum absolute atomic E-state index is 14.3. The van der Waals surface area contributed by atoms with Gasteiger partial charge in [0.25, 0.3) is 5.92 Å². The van der Waals surface area contributed by atoms with Gasteiger partial charge < -0.3 is 10.4 Å². The molecule has 24 heavy (non-hydrogen) atoms. The van der Waals surface area contributed by atoms with Crippen LogP contribution >= 0.6 is 0 Å². The van der Waals surface area contributed by atoms with E-state index in [-0.39, 0.29) is 19.3 Å². The third-order valence-electron chi connectivity index (χ3n) is 5.44. The van der Waals surface area contributed by atoms with Crippen LogP contribution in [0, 0.1) is 5.92 Å². The maximum Gasteiger partial charge on any atom is 0.306 e. The highest BCUT2D eigenvalue weighted by atomic mass is 19.3. The minimum absolute atomic E-state index is 0.0422. The van der Waals surface area contributed by atoms with Crippen LogP contribution in [-0.2, 0) is 11.3 Å². The normalized spacial score (nSPS) is 27.9. The monoisotopic (exact) mass is 341 g/mol. The second-order valence-corrected chi connectivity index (χ2v) is 7.05. The van der Waals surface area contributed by atoms with Crippen molar-refractivity contribution < 1.29 is 18.7 Å². The summed E-state index contributed by atoms with van der Waals surface area (Å²) >= 11 is 0. The first kappa shape index (κ1) is 17.3. The van der Waals surface area contributed by atoms with Gasteiger partial charge in [0, 0.05) is 19.2 Å². The van der Waals surface area contributed by atoms with E-state index in [2.05, 4.69) is 10.4 Å². The zero-order valence-electron chi connectivity index (χ0n) is 13.8. The molecule has 1 aromatic heterocycles. The molecule has 2 N–H and O–H groups in total. The van der Waals surface area contributed by atoms with E-state index >= 15 is 0 Å². The molecule has 0 aromatic carbocycles. The maximum atomic E-state index is 14.3. The Morgan fingerprint density at radius 2 is 2.04 bits per heavy atom. The van der Waals surface area contributed by atoms with E-state index in [1.165, 1.54) is 12.8 Å². The molecule has 0 unspecified atom stereocenters. The molecule has 134 valence electrons. The summed E-state index contributed by atoms with van der Waals surface area (Å²) in [5.41, 5.74) is 0.928. The smallest absolute Gasteiger partial charge is 0.306 e. The summed E-state index contributed by atoms with van der Waals surface area (Å²) in [7, 11) is 0. The molecule has 0 saturated heterocycles. The molecule has 3 rings (SSSR count). The summed E-state index contributed by atoms with van der Waals surface area (Å²) in [5, 5.41) is 16.4. The first-order chi connectivity index (χ1) is 11.5. The highest BCUT2D eigenvalue weighted by molar-refractivity contribution is 5.69. The van der Waals surface area contributed by atoms with Gasteiger partial charge in [-0.2, -0.15) is 5.10 Å². The molecule has 7 heteroatoms. The van der Waals surface area contributed by atoms with Crippen molar-refractivity contribution in [2.75, 3.05) is 0 Å². The Labute approximate surface area is 140 Å². The Morgan fingerprint density at radius 1 is 1.29 bits per heavy atom. The summed E-state index contributed by atoms with van der Waals surface area (Å²) < 4.78 is 30.6. The fraction of sp³-hybridized carbons (Fsp3) is 0.765. The van der Waals surface area contributed by atoms with E-state index in [4.69, 9.17) is 5.11 Å². The van der Waals surface area contributed by atoms with E-state index in [0.717, 1.165) is 18.5 Å². The van der Waals surface area contributed by atoms with E-state index in [9.17, 15) is 13.6 Å². The van der Waals surface area contributed by atoms with Gasteiger partial charge in [0.15, 0.2) is 0 Å². The number of rotatable bonds is 5. The topological polar surface area (TPSA) is 67.2 Å². The fourth-order valence-electron chi connectivity index (χ4n) is 3.95. The van der Waals surface area contributed by atoms with Crippen molar-refractivity contribution in [1.29, 1.82) is 0 Å². The number of carboxylic acids is 1. The molecule has 2 fully saturated rings. The van der Waals surface area contributed by atoms with Crippen LogP contribution in [0.4, 0.5) is 8.78 Å². The van der Waals surface area contributed by atoms with Gasteiger partial charge in [-0.15, -0.1) is 0 Å². The van der Waals surface area contributed by atoms with Crippen LogP contribution in [-0.4, -0.2) is 32.8 Å². The van der Waals surface area contributed by atoms with Crippen LogP contribution < -0.4 is 5.32 Å². The Morgan fingerprint density at radius 3 is 2.75 bits per heavy atom. The van der Waals surface area contributed by atoms with Crippen LogP contribution in [0.2, 0.25) is 0 Å². The molecular weight excluding hydrogens is 316 g/mol. The predicted molar refractivity (Wildman–Crippen MR) is 84.9 cm³/mol. The highest BCUT2D eigenvalue weighted by Crippen LogP contribution is 2.35. The first-order valence-electron chi connectivity index (χ1n) is 8.84. The molecule has 1 heterocycles. The quantitative estimate of drug-likeness (QED) is 0.806. The largest absolute Gasteiger partial charge is 0.481 e. The third kappa shape index (κ3) is 3.77. The van der Waals surface area contributed by atoms with E-state index < -0.39 is 23.9 Å². The van der Waals surface area contributed by atoms with Gasteiger partial charge in [0.1, 0.15) is 0 Å². The lowest BCUT2D eigenvalue weighted by atomic mass is 10.0. The zero-order chi connectivity index (χ0) is 17.2. The SMILES string of the molecule is O=C(O)[C@@H]1CC[C@@H](NCc2ccnn2C2CCCC2)C(F)(F)CC1. The van der Waals surface area contributed by atoms with Crippen LogP contribution in [0.15, 0.2) is 12.3 Å². The third-order valence-corrected chi connectivity index (χ3v) is 5.44. The van der Waals surface area contributed by atoms with Crippen LogP contribution in [0.1, 0.15) is 63.1 Å². The van der Waals surface area contributed by atoms with Crippen molar-refractivity contribution in [3.05, 3.63) is 18.0 Å². The molecule has 0 amide bonds. The Hall–Kier alpha value is -1.50. The molecule has 2 saturated carbocycles. The Balaban J connectivity index is 1.63. The molecular formula is C17H25F2N3O2. The van der Waals surface area contributed by atoms with E-state index in [1.807, 2.05) is 10.7 Å². The highest BCUT2D eigenvalue weighted by Gasteiger charge is 2.43. The number of carbonyl (C=O) groups is 1. The van der Waals surface area contributed by atoms with Gasteiger partial charge in [0.05, 0.1) is 23.7 Å². The average Bonchev–Trinajstić information content (AvgIpc) is 3.17. The minimum Gasteiger partial charge on any atom is -0.481 e. The number of halogens is 2. The molecule has 1 aromatic rings. The molecule has 5 nitrogen and oxygen atoms in total. The fourth-order valence-corrected chi connectivity index (χ4v) is 3.95. The van der Waals surface area contributed by atoms with Gasteiger partial charge in [0.2, 0.25) is 0 Å². The van der Waals surface area contributed by atoms with Crippen LogP contribution in [0.3, 0.4) is 0 Å². The zero-order valence-corrected chi connectivity index (χ0v) is 13.8. The second kappa shape index (κ2) is 7.17. The summed E-state index contributed by atoms with van der Waals surface area (Å²) in [6.45, 7) is 0.342. The molecule has 2 aliphatic rings.